The van der Waals surface area contributed by atoms with Crippen molar-refractivity contribution >= 4 is 38.3 Å². The highest BCUT2D eigenvalue weighted by atomic mass is 32.1. The van der Waals surface area contributed by atoms with Crippen molar-refractivity contribution in [1.82, 2.24) is 4.98 Å². The van der Waals surface area contributed by atoms with Gasteiger partial charge in [0, 0.05) is 18.9 Å². The van der Waals surface area contributed by atoms with Crippen LogP contribution in [0.1, 0.15) is 19.8 Å². The molecule has 1 aromatic carbocycles. The molecule has 0 atom stereocenters. The number of nitrogens with two attached hydrogens (primary N) is 1. The van der Waals surface area contributed by atoms with E-state index in [9.17, 15) is 4.79 Å². The van der Waals surface area contributed by atoms with E-state index >= 15 is 0 Å². The predicted octanol–water partition coefficient (Wildman–Crippen LogP) is 2.63. The van der Waals surface area contributed by atoms with Crippen molar-refractivity contribution in [3.8, 4) is 0 Å². The molecule has 2 aromatic rings. The quantitative estimate of drug-likeness (QED) is 0.891. The van der Waals surface area contributed by atoms with Gasteiger partial charge in [-0.3, -0.25) is 4.79 Å². The first-order valence-corrected chi connectivity index (χ1v) is 7.44. The van der Waals surface area contributed by atoms with Crippen molar-refractivity contribution in [2.24, 2.45) is 5.41 Å². The molecule has 1 aliphatic rings. The molecule has 1 saturated heterocycles. The van der Waals surface area contributed by atoms with E-state index in [0.29, 0.717) is 18.3 Å². The van der Waals surface area contributed by atoms with Crippen molar-refractivity contribution in [3.63, 3.8) is 0 Å². The van der Waals surface area contributed by atoms with Crippen LogP contribution in [0.4, 0.5) is 10.8 Å². The number of anilines is 2. The van der Waals surface area contributed by atoms with Crippen molar-refractivity contribution in [1.29, 1.82) is 0 Å². The molecule has 3 N–H and O–H groups in total. The smallest absolute Gasteiger partial charge is 0.230 e. The zero-order chi connectivity index (χ0) is 14.2. The summed E-state index contributed by atoms with van der Waals surface area (Å²) in [5.74, 6) is 0.0534. The minimum Gasteiger partial charge on any atom is -0.381 e. The molecule has 0 bridgehead atoms. The van der Waals surface area contributed by atoms with Gasteiger partial charge < -0.3 is 15.8 Å². The highest BCUT2D eigenvalue weighted by molar-refractivity contribution is 7.22. The molecule has 20 heavy (non-hydrogen) atoms. The fourth-order valence-corrected chi connectivity index (χ4v) is 3.12. The van der Waals surface area contributed by atoms with Crippen LogP contribution >= 0.6 is 11.3 Å². The van der Waals surface area contributed by atoms with Crippen LogP contribution in [-0.4, -0.2) is 24.1 Å². The number of benzene rings is 1. The van der Waals surface area contributed by atoms with E-state index in [1.807, 2.05) is 25.1 Å². The first kappa shape index (κ1) is 13.3. The normalized spacial score (nSPS) is 18.1. The Morgan fingerprint density at radius 2 is 2.20 bits per heavy atom. The van der Waals surface area contributed by atoms with Gasteiger partial charge in [-0.25, -0.2) is 4.98 Å². The molecule has 3 rings (SSSR count). The summed E-state index contributed by atoms with van der Waals surface area (Å²) in [5, 5.41) is 3.54. The van der Waals surface area contributed by atoms with Crippen LogP contribution in [0.5, 0.6) is 0 Å². The predicted molar refractivity (Wildman–Crippen MR) is 80.8 cm³/mol. The molecule has 0 saturated carbocycles. The molecule has 1 aromatic heterocycles. The van der Waals surface area contributed by atoms with Gasteiger partial charge >= 0.3 is 0 Å². The van der Waals surface area contributed by atoms with E-state index in [-0.39, 0.29) is 11.3 Å². The van der Waals surface area contributed by atoms with Gasteiger partial charge in [-0.1, -0.05) is 18.3 Å². The fraction of sp³-hybridized carbons (Fsp3) is 0.429. The fourth-order valence-electron chi connectivity index (χ4n) is 2.35. The van der Waals surface area contributed by atoms with Gasteiger partial charge in [0.05, 0.1) is 15.6 Å². The molecule has 1 aliphatic heterocycles. The highest BCUT2D eigenvalue weighted by Gasteiger charge is 2.35. The topological polar surface area (TPSA) is 77.2 Å². The van der Waals surface area contributed by atoms with E-state index in [2.05, 4.69) is 10.3 Å². The second kappa shape index (κ2) is 5.03. The highest BCUT2D eigenvalue weighted by Crippen LogP contribution is 2.32. The number of ether oxygens (including phenoxy) is 1. The number of amides is 1. The number of nitrogens with one attached hydrogen (secondary N) is 1. The lowest BCUT2D eigenvalue weighted by Crippen LogP contribution is -2.38. The van der Waals surface area contributed by atoms with Gasteiger partial charge in [0.1, 0.15) is 0 Å². The number of aromatic nitrogens is 1. The second-order valence-corrected chi connectivity index (χ2v) is 6.42. The average Bonchev–Trinajstić information content (AvgIpc) is 2.79. The van der Waals surface area contributed by atoms with E-state index in [1.54, 1.807) is 0 Å². The maximum absolute atomic E-state index is 12.4. The number of carbonyl (C=O) groups excluding carboxylic acids is 1. The Morgan fingerprint density at radius 1 is 1.45 bits per heavy atom. The second-order valence-electron chi connectivity index (χ2n) is 5.36. The van der Waals surface area contributed by atoms with Crippen LogP contribution in [0, 0.1) is 5.41 Å². The molecule has 5 nitrogen and oxygen atoms in total. The van der Waals surface area contributed by atoms with Crippen molar-refractivity contribution in [2.75, 3.05) is 24.3 Å². The lowest BCUT2D eigenvalue weighted by molar-refractivity contribution is -0.129. The molecule has 106 valence electrons. The summed E-state index contributed by atoms with van der Waals surface area (Å²) in [7, 11) is 0. The number of rotatable bonds is 2. The van der Waals surface area contributed by atoms with Gasteiger partial charge in [-0.15, -0.1) is 0 Å². The molecule has 0 unspecified atom stereocenters. The third kappa shape index (κ3) is 2.48. The monoisotopic (exact) mass is 291 g/mol. The molecule has 0 aliphatic carbocycles. The van der Waals surface area contributed by atoms with E-state index < -0.39 is 0 Å². The van der Waals surface area contributed by atoms with Crippen LogP contribution in [-0.2, 0) is 9.53 Å². The number of nitrogens with zero attached hydrogens (tertiary/aromatic N) is 1. The minimum absolute atomic E-state index is 0.0534. The zero-order valence-electron chi connectivity index (χ0n) is 11.3. The number of fused-ring (bicyclic) bond motifs is 1. The van der Waals surface area contributed by atoms with Crippen molar-refractivity contribution < 1.29 is 9.53 Å². The Kier molecular flexibility index (Phi) is 3.35. The maximum Gasteiger partial charge on any atom is 0.230 e. The Bertz CT molecular complexity index is 647. The summed E-state index contributed by atoms with van der Waals surface area (Å²) in [6.07, 6.45) is 1.52. The Morgan fingerprint density at radius 3 is 2.95 bits per heavy atom. The van der Waals surface area contributed by atoms with Gasteiger partial charge in [0.25, 0.3) is 0 Å². The van der Waals surface area contributed by atoms with Crippen LogP contribution in [0.15, 0.2) is 18.2 Å². The summed E-state index contributed by atoms with van der Waals surface area (Å²) in [6, 6.07) is 5.66. The first-order valence-electron chi connectivity index (χ1n) is 6.62. The van der Waals surface area contributed by atoms with Gasteiger partial charge in [0.15, 0.2) is 5.13 Å². The molecular formula is C14H17N3O2S. The molecule has 1 fully saturated rings. The summed E-state index contributed by atoms with van der Waals surface area (Å²) < 4.78 is 6.31. The number of hydrogen-bond donors (Lipinski definition) is 2. The van der Waals surface area contributed by atoms with Gasteiger partial charge in [-0.2, -0.15) is 0 Å². The van der Waals surface area contributed by atoms with Gasteiger partial charge in [0.2, 0.25) is 5.91 Å². The van der Waals surface area contributed by atoms with Crippen molar-refractivity contribution in [2.45, 2.75) is 19.8 Å². The number of nitrogen functional groups attached to an aromatic ring is 1. The summed E-state index contributed by atoms with van der Waals surface area (Å²) in [6.45, 7) is 3.29. The molecule has 2 heterocycles. The number of thiazole rings is 1. The summed E-state index contributed by atoms with van der Waals surface area (Å²) in [5.41, 5.74) is 6.99. The SMILES string of the molecule is CC1(C(=O)Nc2ccc3nc(N)sc3c2)CCOCC1. The maximum atomic E-state index is 12.4. The largest absolute Gasteiger partial charge is 0.381 e. The standard InChI is InChI=1S/C14H17N3O2S/c1-14(4-6-19-7-5-14)12(18)16-9-2-3-10-11(8-9)20-13(15)17-10/h2-3,8H,4-7H2,1H3,(H2,15,17)(H,16,18). The molecule has 1 amide bonds. The average molecular weight is 291 g/mol. The van der Waals surface area contributed by atoms with E-state index in [4.69, 9.17) is 10.5 Å². The summed E-state index contributed by atoms with van der Waals surface area (Å²) in [4.78, 5) is 16.6. The zero-order valence-corrected chi connectivity index (χ0v) is 12.1. The van der Waals surface area contributed by atoms with Gasteiger partial charge in [-0.05, 0) is 31.0 Å². The minimum atomic E-state index is -0.347. The summed E-state index contributed by atoms with van der Waals surface area (Å²) >= 11 is 1.42. The van der Waals surface area contributed by atoms with Crippen LogP contribution in [0.3, 0.4) is 0 Å². The van der Waals surface area contributed by atoms with E-state index in [1.165, 1.54) is 11.3 Å². The van der Waals surface area contributed by atoms with Crippen molar-refractivity contribution in [3.05, 3.63) is 18.2 Å². The van der Waals surface area contributed by atoms with Crippen LogP contribution in [0.25, 0.3) is 10.2 Å². The third-order valence-corrected chi connectivity index (χ3v) is 4.65. The lowest BCUT2D eigenvalue weighted by Gasteiger charge is -2.31. The Labute approximate surface area is 121 Å². The van der Waals surface area contributed by atoms with Crippen LogP contribution < -0.4 is 11.1 Å². The lowest BCUT2D eigenvalue weighted by atomic mass is 9.81. The number of hydrogen-bond acceptors (Lipinski definition) is 5. The molecule has 0 radical (unpaired) electrons. The molecular weight excluding hydrogens is 274 g/mol. The Balaban J connectivity index is 1.79. The molecule has 6 heteroatoms. The van der Waals surface area contributed by atoms with Crippen LogP contribution in [0.2, 0.25) is 0 Å². The van der Waals surface area contributed by atoms with E-state index in [0.717, 1.165) is 28.7 Å². The molecule has 0 spiro atoms. The third-order valence-electron chi connectivity index (χ3n) is 3.81. The Hall–Kier alpha value is -1.66. The first-order chi connectivity index (χ1) is 9.57. The number of carbonyl (C=O) groups is 1.